The van der Waals surface area contributed by atoms with Gasteiger partial charge in [-0.2, -0.15) is 0 Å². The summed E-state index contributed by atoms with van der Waals surface area (Å²) < 4.78 is 0. The third kappa shape index (κ3) is 9.95. The third-order valence-electron chi connectivity index (χ3n) is 2.97. The first-order chi connectivity index (χ1) is 8.99. The normalized spacial score (nSPS) is 13.1. The fraction of sp³-hybridized carbons (Fsp3) is 0.714. The van der Waals surface area contributed by atoms with E-state index in [1.165, 1.54) is 0 Å². The van der Waals surface area contributed by atoms with Crippen LogP contribution in [0.5, 0.6) is 0 Å². The minimum absolute atomic E-state index is 0.00874. The van der Waals surface area contributed by atoms with Gasteiger partial charge in [-0.25, -0.2) is 4.79 Å². The van der Waals surface area contributed by atoms with E-state index in [-0.39, 0.29) is 24.4 Å². The van der Waals surface area contributed by atoms with Crippen LogP contribution in [-0.2, 0) is 4.79 Å². The van der Waals surface area contributed by atoms with Crippen molar-refractivity contribution in [3.05, 3.63) is 0 Å². The summed E-state index contributed by atoms with van der Waals surface area (Å²) in [7, 11) is 0. The van der Waals surface area contributed by atoms with Crippen LogP contribution in [0.3, 0.4) is 0 Å². The van der Waals surface area contributed by atoms with Crippen molar-refractivity contribution in [1.29, 1.82) is 0 Å². The third-order valence-corrected chi connectivity index (χ3v) is 2.97. The van der Waals surface area contributed by atoms with E-state index >= 15 is 0 Å². The summed E-state index contributed by atoms with van der Waals surface area (Å²) in [5.74, 6) is 2.03. The molecule has 0 bridgehead atoms. The van der Waals surface area contributed by atoms with Crippen LogP contribution in [0, 0.1) is 18.3 Å². The van der Waals surface area contributed by atoms with Crippen molar-refractivity contribution in [3.63, 3.8) is 0 Å². The van der Waals surface area contributed by atoms with Crippen molar-refractivity contribution in [2.24, 2.45) is 5.92 Å². The summed E-state index contributed by atoms with van der Waals surface area (Å²) in [6, 6.07) is -0.207. The standard InChI is InChI=1S/C14H24N2O3/c1-4-6-12(5-2)16-14(19)15-10-9-11(3)7-8-13(17)18/h1,11-12H,5-10H2,2-3H3,(H,17,18)(H2,15,16,19). The van der Waals surface area contributed by atoms with Crippen LogP contribution in [0.1, 0.15) is 46.0 Å². The molecule has 0 aromatic carbocycles. The Morgan fingerprint density at radius 1 is 1.37 bits per heavy atom. The van der Waals surface area contributed by atoms with Gasteiger partial charge in [-0.05, 0) is 25.2 Å². The van der Waals surface area contributed by atoms with Crippen LogP contribution in [0.4, 0.5) is 4.79 Å². The van der Waals surface area contributed by atoms with Gasteiger partial charge in [0.1, 0.15) is 0 Å². The molecular formula is C14H24N2O3. The van der Waals surface area contributed by atoms with E-state index in [0.717, 1.165) is 12.8 Å². The zero-order chi connectivity index (χ0) is 14.7. The second-order valence-corrected chi connectivity index (χ2v) is 4.74. The zero-order valence-corrected chi connectivity index (χ0v) is 11.7. The predicted octanol–water partition coefficient (Wildman–Crippen LogP) is 1.98. The molecule has 2 amide bonds. The maximum absolute atomic E-state index is 11.5. The Hall–Kier alpha value is -1.70. The van der Waals surface area contributed by atoms with E-state index in [4.69, 9.17) is 11.5 Å². The van der Waals surface area contributed by atoms with Gasteiger partial charge in [0.2, 0.25) is 0 Å². The molecule has 0 heterocycles. The molecule has 19 heavy (non-hydrogen) atoms. The number of carboxylic acids is 1. The first-order valence-electron chi connectivity index (χ1n) is 6.69. The molecule has 0 aromatic rings. The number of hydrogen-bond donors (Lipinski definition) is 3. The van der Waals surface area contributed by atoms with Gasteiger partial charge < -0.3 is 15.7 Å². The average Bonchev–Trinajstić information content (AvgIpc) is 2.35. The average molecular weight is 268 g/mol. The van der Waals surface area contributed by atoms with Crippen LogP contribution in [0.2, 0.25) is 0 Å². The number of terminal acetylenes is 1. The van der Waals surface area contributed by atoms with E-state index in [2.05, 4.69) is 16.6 Å². The van der Waals surface area contributed by atoms with Crippen LogP contribution in [-0.4, -0.2) is 29.7 Å². The van der Waals surface area contributed by atoms with Gasteiger partial charge in [-0.3, -0.25) is 4.79 Å². The van der Waals surface area contributed by atoms with Gasteiger partial charge in [0.25, 0.3) is 0 Å². The molecule has 0 saturated carbocycles. The zero-order valence-electron chi connectivity index (χ0n) is 11.7. The molecule has 3 N–H and O–H groups in total. The maximum Gasteiger partial charge on any atom is 0.315 e. The fourth-order valence-corrected chi connectivity index (χ4v) is 1.62. The lowest BCUT2D eigenvalue weighted by atomic mass is 10.0. The number of carbonyl (C=O) groups excluding carboxylic acids is 1. The Morgan fingerprint density at radius 3 is 2.58 bits per heavy atom. The quantitative estimate of drug-likeness (QED) is 0.559. The molecular weight excluding hydrogens is 244 g/mol. The lowest BCUT2D eigenvalue weighted by molar-refractivity contribution is -0.137. The summed E-state index contributed by atoms with van der Waals surface area (Å²) in [6.45, 7) is 4.49. The number of nitrogens with one attached hydrogen (secondary N) is 2. The Labute approximate surface area is 115 Å². The first kappa shape index (κ1) is 17.3. The summed E-state index contributed by atoms with van der Waals surface area (Å²) in [5, 5.41) is 14.1. The van der Waals surface area contributed by atoms with Gasteiger partial charge in [-0.15, -0.1) is 12.3 Å². The van der Waals surface area contributed by atoms with Gasteiger partial charge >= 0.3 is 12.0 Å². The van der Waals surface area contributed by atoms with Gasteiger partial charge in [0, 0.05) is 25.4 Å². The van der Waals surface area contributed by atoms with Gasteiger partial charge in [-0.1, -0.05) is 13.8 Å². The number of carbonyl (C=O) groups is 2. The second-order valence-electron chi connectivity index (χ2n) is 4.74. The number of hydrogen-bond acceptors (Lipinski definition) is 2. The highest BCUT2D eigenvalue weighted by Gasteiger charge is 2.09. The molecule has 0 aliphatic rings. The SMILES string of the molecule is C#CCC(CC)NC(=O)NCCC(C)CCC(=O)O. The minimum atomic E-state index is -0.780. The molecule has 0 saturated heterocycles. The lowest BCUT2D eigenvalue weighted by Crippen LogP contribution is -2.42. The van der Waals surface area contributed by atoms with Gasteiger partial charge in [0.15, 0.2) is 0 Å². The molecule has 2 unspecified atom stereocenters. The highest BCUT2D eigenvalue weighted by Crippen LogP contribution is 2.09. The number of carboxylic acid groups (broad SMARTS) is 1. The smallest absolute Gasteiger partial charge is 0.315 e. The predicted molar refractivity (Wildman–Crippen MR) is 74.7 cm³/mol. The van der Waals surface area contributed by atoms with E-state index in [1.807, 2.05) is 13.8 Å². The number of aliphatic carboxylic acids is 1. The molecule has 5 nitrogen and oxygen atoms in total. The van der Waals surface area contributed by atoms with Crippen molar-refractivity contribution >= 4 is 12.0 Å². The molecule has 108 valence electrons. The van der Waals surface area contributed by atoms with Gasteiger partial charge in [0.05, 0.1) is 0 Å². The van der Waals surface area contributed by atoms with Crippen molar-refractivity contribution in [3.8, 4) is 12.3 Å². The monoisotopic (exact) mass is 268 g/mol. The van der Waals surface area contributed by atoms with Crippen LogP contribution in [0.25, 0.3) is 0 Å². The van der Waals surface area contributed by atoms with Crippen molar-refractivity contribution in [1.82, 2.24) is 10.6 Å². The highest BCUT2D eigenvalue weighted by molar-refractivity contribution is 5.74. The van der Waals surface area contributed by atoms with Crippen LogP contribution >= 0.6 is 0 Å². The Bertz CT molecular complexity index is 323. The minimum Gasteiger partial charge on any atom is -0.481 e. The molecule has 0 radical (unpaired) electrons. The summed E-state index contributed by atoms with van der Waals surface area (Å²) in [4.78, 5) is 22.0. The molecule has 2 atom stereocenters. The number of urea groups is 1. The largest absolute Gasteiger partial charge is 0.481 e. The molecule has 5 heteroatoms. The van der Waals surface area contributed by atoms with Crippen LogP contribution < -0.4 is 10.6 Å². The molecule has 0 aromatic heterocycles. The summed E-state index contributed by atoms with van der Waals surface area (Å²) in [6.07, 6.45) is 8.11. The van der Waals surface area contributed by atoms with Crippen LogP contribution in [0.15, 0.2) is 0 Å². The molecule has 0 fully saturated rings. The molecule has 0 aliphatic carbocycles. The van der Waals surface area contributed by atoms with E-state index in [9.17, 15) is 9.59 Å². The molecule has 0 aliphatic heterocycles. The van der Waals surface area contributed by atoms with E-state index < -0.39 is 5.97 Å². The van der Waals surface area contributed by atoms with E-state index in [1.54, 1.807) is 0 Å². The van der Waals surface area contributed by atoms with Crippen molar-refractivity contribution < 1.29 is 14.7 Å². The van der Waals surface area contributed by atoms with Crippen molar-refractivity contribution in [2.45, 2.75) is 52.0 Å². The molecule has 0 rings (SSSR count). The first-order valence-corrected chi connectivity index (χ1v) is 6.69. The Morgan fingerprint density at radius 2 is 2.05 bits per heavy atom. The summed E-state index contributed by atoms with van der Waals surface area (Å²) in [5.41, 5.74) is 0. The molecule has 0 spiro atoms. The second kappa shape index (κ2) is 10.2. The number of amides is 2. The lowest BCUT2D eigenvalue weighted by Gasteiger charge is -2.16. The highest BCUT2D eigenvalue weighted by atomic mass is 16.4. The summed E-state index contributed by atoms with van der Waals surface area (Å²) >= 11 is 0. The fourth-order valence-electron chi connectivity index (χ4n) is 1.62. The maximum atomic E-state index is 11.5. The topological polar surface area (TPSA) is 78.4 Å². The Balaban J connectivity index is 3.73. The Kier molecular flexibility index (Phi) is 9.33. The van der Waals surface area contributed by atoms with Crippen molar-refractivity contribution in [2.75, 3.05) is 6.54 Å². The van der Waals surface area contributed by atoms with E-state index in [0.29, 0.717) is 19.4 Å². The number of rotatable bonds is 9.